The molecule has 1 aromatic carbocycles. The maximum Gasteiger partial charge on any atom is 0.262 e. The largest absolute Gasteiger partial charge is 0.339 e. The van der Waals surface area contributed by atoms with Gasteiger partial charge >= 0.3 is 0 Å². The van der Waals surface area contributed by atoms with Gasteiger partial charge < -0.3 is 4.90 Å². The van der Waals surface area contributed by atoms with Crippen LogP contribution in [0.25, 0.3) is 0 Å². The molecule has 0 aliphatic carbocycles. The molecule has 0 saturated carbocycles. The van der Waals surface area contributed by atoms with E-state index in [2.05, 4.69) is 0 Å². The van der Waals surface area contributed by atoms with Gasteiger partial charge in [-0.3, -0.25) is 4.79 Å². The van der Waals surface area contributed by atoms with E-state index in [0.29, 0.717) is 13.1 Å². The second kappa shape index (κ2) is 5.48. The molecule has 0 unspecified atom stereocenters. The summed E-state index contributed by atoms with van der Waals surface area (Å²) in [5.74, 6) is -0.305. The summed E-state index contributed by atoms with van der Waals surface area (Å²) >= 11 is 11.7. The zero-order valence-electron chi connectivity index (χ0n) is 9.70. The Balaban J connectivity index is 2.48. The molecular formula is C11H10Cl3NO3S. The first-order valence-electron chi connectivity index (χ1n) is 5.53. The van der Waals surface area contributed by atoms with E-state index in [0.717, 1.165) is 18.9 Å². The van der Waals surface area contributed by atoms with E-state index in [1.54, 1.807) is 4.90 Å². The average Bonchev–Trinajstić information content (AvgIpc) is 2.79. The highest BCUT2D eigenvalue weighted by Crippen LogP contribution is 2.31. The number of nitrogens with zero attached hydrogens (tertiary/aromatic N) is 1. The standard InChI is InChI=1S/C11H10Cl3NO3S/c12-8-6-9(13)10(19(14,17)18)5-7(8)11(16)15-3-1-2-4-15/h5-6H,1-4H2. The summed E-state index contributed by atoms with van der Waals surface area (Å²) in [6.07, 6.45) is 1.86. The summed E-state index contributed by atoms with van der Waals surface area (Å²) in [4.78, 5) is 13.5. The molecule has 0 radical (unpaired) electrons. The lowest BCUT2D eigenvalue weighted by Gasteiger charge is -2.16. The van der Waals surface area contributed by atoms with Crippen LogP contribution >= 0.6 is 33.9 Å². The van der Waals surface area contributed by atoms with Crippen molar-refractivity contribution in [2.75, 3.05) is 13.1 Å². The third kappa shape index (κ3) is 3.16. The Kier molecular flexibility index (Phi) is 4.30. The van der Waals surface area contributed by atoms with Gasteiger partial charge in [-0.1, -0.05) is 23.2 Å². The number of hydrogen-bond acceptors (Lipinski definition) is 3. The van der Waals surface area contributed by atoms with E-state index in [4.69, 9.17) is 33.9 Å². The first kappa shape index (κ1) is 14.9. The zero-order valence-corrected chi connectivity index (χ0v) is 12.8. The smallest absolute Gasteiger partial charge is 0.262 e. The predicted molar refractivity (Wildman–Crippen MR) is 74.6 cm³/mol. The second-order valence-corrected chi connectivity index (χ2v) is 7.55. The Labute approximate surface area is 125 Å². The van der Waals surface area contributed by atoms with Crippen LogP contribution in [0.2, 0.25) is 10.0 Å². The van der Waals surface area contributed by atoms with Gasteiger partial charge in [0.05, 0.1) is 15.6 Å². The summed E-state index contributed by atoms with van der Waals surface area (Å²) in [6, 6.07) is 2.36. The molecule has 1 aliphatic rings. The Morgan fingerprint density at radius 1 is 1.11 bits per heavy atom. The van der Waals surface area contributed by atoms with Gasteiger partial charge in [0.25, 0.3) is 15.0 Å². The van der Waals surface area contributed by atoms with Gasteiger partial charge in [-0.2, -0.15) is 0 Å². The normalized spacial score (nSPS) is 15.8. The van der Waals surface area contributed by atoms with Gasteiger partial charge in [0, 0.05) is 23.8 Å². The van der Waals surface area contributed by atoms with Crippen LogP contribution in [0.3, 0.4) is 0 Å². The van der Waals surface area contributed by atoms with Crippen molar-refractivity contribution < 1.29 is 13.2 Å². The van der Waals surface area contributed by atoms with Crippen molar-refractivity contribution in [3.8, 4) is 0 Å². The highest BCUT2D eigenvalue weighted by molar-refractivity contribution is 8.13. The molecule has 1 heterocycles. The SMILES string of the molecule is O=C(c1cc(S(=O)(=O)Cl)c(Cl)cc1Cl)N1CCCC1. The first-order valence-corrected chi connectivity index (χ1v) is 8.60. The highest BCUT2D eigenvalue weighted by Gasteiger charge is 2.25. The molecule has 0 bridgehead atoms. The molecule has 8 heteroatoms. The number of benzene rings is 1. The molecular weight excluding hydrogens is 333 g/mol. The third-order valence-corrected chi connectivity index (χ3v) is 5.01. The fourth-order valence-corrected chi connectivity index (χ4v) is 3.79. The Bertz CT molecular complexity index is 624. The molecule has 0 N–H and O–H groups in total. The van der Waals surface area contributed by atoms with Gasteiger partial charge in [0.15, 0.2) is 0 Å². The fourth-order valence-electron chi connectivity index (χ4n) is 1.97. The Morgan fingerprint density at radius 2 is 1.68 bits per heavy atom. The number of carbonyl (C=O) groups excluding carboxylic acids is 1. The number of rotatable bonds is 2. The number of likely N-dealkylation sites (tertiary alicyclic amines) is 1. The van der Waals surface area contributed by atoms with Gasteiger partial charge in [-0.25, -0.2) is 8.42 Å². The van der Waals surface area contributed by atoms with Crippen molar-refractivity contribution in [2.24, 2.45) is 0 Å². The third-order valence-electron chi connectivity index (χ3n) is 2.91. The number of halogens is 3. The molecule has 1 fully saturated rings. The highest BCUT2D eigenvalue weighted by atomic mass is 35.7. The fraction of sp³-hybridized carbons (Fsp3) is 0.364. The lowest BCUT2D eigenvalue weighted by molar-refractivity contribution is 0.0793. The predicted octanol–water partition coefficient (Wildman–Crippen LogP) is 3.16. The zero-order chi connectivity index (χ0) is 14.2. The monoisotopic (exact) mass is 341 g/mol. The van der Waals surface area contributed by atoms with Gasteiger partial charge in [-0.15, -0.1) is 0 Å². The van der Waals surface area contributed by atoms with E-state index in [-0.39, 0.29) is 26.4 Å². The van der Waals surface area contributed by atoms with Gasteiger partial charge in [0.2, 0.25) is 0 Å². The van der Waals surface area contributed by atoms with Crippen molar-refractivity contribution in [2.45, 2.75) is 17.7 Å². The summed E-state index contributed by atoms with van der Waals surface area (Å²) in [5, 5.41) is 0.0175. The van der Waals surface area contributed by atoms with E-state index < -0.39 is 9.05 Å². The summed E-state index contributed by atoms with van der Waals surface area (Å²) in [6.45, 7) is 1.28. The maximum absolute atomic E-state index is 12.2. The van der Waals surface area contributed by atoms with Crippen LogP contribution in [0.1, 0.15) is 23.2 Å². The minimum atomic E-state index is -4.02. The van der Waals surface area contributed by atoms with Crippen molar-refractivity contribution in [3.05, 3.63) is 27.7 Å². The molecule has 0 atom stereocenters. The first-order chi connectivity index (χ1) is 8.80. The van der Waals surface area contributed by atoms with E-state index in [1.807, 2.05) is 0 Å². The molecule has 0 aromatic heterocycles. The summed E-state index contributed by atoms with van der Waals surface area (Å²) in [7, 11) is 1.25. The van der Waals surface area contributed by atoms with Crippen molar-refractivity contribution in [3.63, 3.8) is 0 Å². The van der Waals surface area contributed by atoms with Crippen LogP contribution in [-0.2, 0) is 9.05 Å². The number of hydrogen-bond donors (Lipinski definition) is 0. The van der Waals surface area contributed by atoms with Crippen molar-refractivity contribution in [1.29, 1.82) is 0 Å². The van der Waals surface area contributed by atoms with Crippen LogP contribution in [0.15, 0.2) is 17.0 Å². The van der Waals surface area contributed by atoms with Crippen LogP contribution < -0.4 is 0 Å². The molecule has 0 spiro atoms. The Morgan fingerprint density at radius 3 is 2.21 bits per heavy atom. The lowest BCUT2D eigenvalue weighted by atomic mass is 10.2. The maximum atomic E-state index is 12.2. The molecule has 19 heavy (non-hydrogen) atoms. The molecule has 1 aromatic rings. The van der Waals surface area contributed by atoms with E-state index >= 15 is 0 Å². The van der Waals surface area contributed by atoms with Crippen molar-refractivity contribution >= 4 is 48.8 Å². The summed E-state index contributed by atoms with van der Waals surface area (Å²) in [5.41, 5.74) is 0.104. The van der Waals surface area contributed by atoms with Crippen molar-refractivity contribution in [1.82, 2.24) is 4.90 Å². The minimum Gasteiger partial charge on any atom is -0.339 e. The van der Waals surface area contributed by atoms with Crippen LogP contribution in [0.4, 0.5) is 0 Å². The van der Waals surface area contributed by atoms with Crippen LogP contribution in [0.5, 0.6) is 0 Å². The molecule has 1 aliphatic heterocycles. The molecule has 2 rings (SSSR count). The number of amides is 1. The summed E-state index contributed by atoms with van der Waals surface area (Å²) < 4.78 is 22.7. The minimum absolute atomic E-state index is 0.0991. The van der Waals surface area contributed by atoms with E-state index in [1.165, 1.54) is 6.07 Å². The molecule has 1 amide bonds. The molecule has 1 saturated heterocycles. The van der Waals surface area contributed by atoms with Gasteiger partial charge in [0.1, 0.15) is 4.90 Å². The van der Waals surface area contributed by atoms with E-state index in [9.17, 15) is 13.2 Å². The topological polar surface area (TPSA) is 54.5 Å². The lowest BCUT2D eigenvalue weighted by Crippen LogP contribution is -2.28. The van der Waals surface area contributed by atoms with Crippen LogP contribution in [0, 0.1) is 0 Å². The Hall–Kier alpha value is -0.490. The van der Waals surface area contributed by atoms with Crippen LogP contribution in [-0.4, -0.2) is 32.3 Å². The quantitative estimate of drug-likeness (QED) is 0.776. The molecule has 4 nitrogen and oxygen atoms in total. The van der Waals surface area contributed by atoms with Gasteiger partial charge in [-0.05, 0) is 25.0 Å². The second-order valence-electron chi connectivity index (χ2n) is 4.20. The molecule has 104 valence electrons. The average molecular weight is 343 g/mol. The number of carbonyl (C=O) groups is 1.